The van der Waals surface area contributed by atoms with E-state index in [9.17, 15) is 13.9 Å². The standard InChI is InChI=1S/C15H15F2NO/c1-10(12-4-7-14(16)15(17)8-12)18-9-11-2-5-13(19)6-3-11/h2-8,10,18-19H,9H2,1H3. The van der Waals surface area contributed by atoms with Crippen molar-refractivity contribution >= 4 is 0 Å². The highest BCUT2D eigenvalue weighted by Gasteiger charge is 2.08. The van der Waals surface area contributed by atoms with E-state index in [1.54, 1.807) is 30.3 Å². The lowest BCUT2D eigenvalue weighted by Crippen LogP contribution is -2.18. The lowest BCUT2D eigenvalue weighted by atomic mass is 10.1. The molecular weight excluding hydrogens is 248 g/mol. The summed E-state index contributed by atoms with van der Waals surface area (Å²) < 4.78 is 25.9. The van der Waals surface area contributed by atoms with E-state index in [0.717, 1.165) is 11.6 Å². The third-order valence-electron chi connectivity index (χ3n) is 2.99. The molecule has 2 aromatic carbocycles. The molecule has 0 amide bonds. The molecule has 2 nitrogen and oxygen atoms in total. The topological polar surface area (TPSA) is 32.3 Å². The van der Waals surface area contributed by atoms with Crippen molar-refractivity contribution in [1.82, 2.24) is 5.32 Å². The van der Waals surface area contributed by atoms with Crippen LogP contribution in [0.3, 0.4) is 0 Å². The van der Waals surface area contributed by atoms with E-state index in [2.05, 4.69) is 5.32 Å². The normalized spacial score (nSPS) is 12.4. The van der Waals surface area contributed by atoms with Crippen LogP contribution in [0.2, 0.25) is 0 Å². The lowest BCUT2D eigenvalue weighted by Gasteiger charge is -2.14. The molecule has 0 aliphatic carbocycles. The van der Waals surface area contributed by atoms with Gasteiger partial charge in [0.25, 0.3) is 0 Å². The summed E-state index contributed by atoms with van der Waals surface area (Å²) in [7, 11) is 0. The highest BCUT2D eigenvalue weighted by molar-refractivity contribution is 5.26. The Kier molecular flexibility index (Phi) is 4.12. The number of halogens is 2. The van der Waals surface area contributed by atoms with Crippen LogP contribution in [0.15, 0.2) is 42.5 Å². The van der Waals surface area contributed by atoms with E-state index >= 15 is 0 Å². The summed E-state index contributed by atoms with van der Waals surface area (Å²) in [5.74, 6) is -1.46. The monoisotopic (exact) mass is 263 g/mol. The molecule has 0 saturated carbocycles. The second-order valence-corrected chi connectivity index (χ2v) is 4.44. The second-order valence-electron chi connectivity index (χ2n) is 4.44. The predicted octanol–water partition coefficient (Wildman–Crippen LogP) is 3.52. The van der Waals surface area contributed by atoms with Crippen molar-refractivity contribution in [2.75, 3.05) is 0 Å². The minimum Gasteiger partial charge on any atom is -0.508 e. The molecule has 2 rings (SSSR count). The zero-order valence-electron chi connectivity index (χ0n) is 10.5. The van der Waals surface area contributed by atoms with Crippen LogP contribution in [0.4, 0.5) is 8.78 Å². The summed E-state index contributed by atoms with van der Waals surface area (Å²) in [6, 6.07) is 10.6. The van der Waals surface area contributed by atoms with Crippen LogP contribution >= 0.6 is 0 Å². The first kappa shape index (κ1) is 13.5. The molecule has 0 aromatic heterocycles. The molecule has 1 atom stereocenters. The fraction of sp³-hybridized carbons (Fsp3) is 0.200. The fourth-order valence-corrected chi connectivity index (χ4v) is 1.78. The summed E-state index contributed by atoms with van der Waals surface area (Å²) in [5.41, 5.74) is 1.70. The van der Waals surface area contributed by atoms with E-state index in [0.29, 0.717) is 12.1 Å². The SMILES string of the molecule is CC(NCc1ccc(O)cc1)c1ccc(F)c(F)c1. The van der Waals surface area contributed by atoms with E-state index in [-0.39, 0.29) is 11.8 Å². The van der Waals surface area contributed by atoms with E-state index in [1.165, 1.54) is 6.07 Å². The fourth-order valence-electron chi connectivity index (χ4n) is 1.78. The zero-order chi connectivity index (χ0) is 13.8. The molecule has 0 radical (unpaired) electrons. The quantitative estimate of drug-likeness (QED) is 0.884. The van der Waals surface area contributed by atoms with Gasteiger partial charge in [0.15, 0.2) is 11.6 Å². The average molecular weight is 263 g/mol. The van der Waals surface area contributed by atoms with Gasteiger partial charge in [-0.05, 0) is 42.3 Å². The summed E-state index contributed by atoms with van der Waals surface area (Å²) in [6.45, 7) is 2.47. The van der Waals surface area contributed by atoms with E-state index in [1.807, 2.05) is 6.92 Å². The number of hydrogen-bond acceptors (Lipinski definition) is 2. The molecule has 0 bridgehead atoms. The van der Waals surface area contributed by atoms with Crippen molar-refractivity contribution in [2.45, 2.75) is 19.5 Å². The molecule has 0 fully saturated rings. The third kappa shape index (κ3) is 3.51. The second kappa shape index (κ2) is 5.80. The Morgan fingerprint density at radius 1 is 1.05 bits per heavy atom. The van der Waals surface area contributed by atoms with Gasteiger partial charge in [0, 0.05) is 12.6 Å². The Labute approximate surface area is 110 Å². The Bertz CT molecular complexity index is 555. The minimum atomic E-state index is -0.838. The molecule has 0 heterocycles. The van der Waals surface area contributed by atoms with Gasteiger partial charge in [-0.25, -0.2) is 8.78 Å². The van der Waals surface area contributed by atoms with Gasteiger partial charge in [0.2, 0.25) is 0 Å². The van der Waals surface area contributed by atoms with Crippen molar-refractivity contribution in [2.24, 2.45) is 0 Å². The first-order valence-electron chi connectivity index (χ1n) is 6.02. The molecule has 2 aromatic rings. The zero-order valence-corrected chi connectivity index (χ0v) is 10.5. The van der Waals surface area contributed by atoms with Gasteiger partial charge in [-0.1, -0.05) is 18.2 Å². The van der Waals surface area contributed by atoms with Gasteiger partial charge in [0.05, 0.1) is 0 Å². The first-order valence-corrected chi connectivity index (χ1v) is 6.02. The number of hydrogen-bond donors (Lipinski definition) is 2. The van der Waals surface area contributed by atoms with Crippen LogP contribution in [0.25, 0.3) is 0 Å². The van der Waals surface area contributed by atoms with E-state index < -0.39 is 11.6 Å². The Morgan fingerprint density at radius 2 is 1.74 bits per heavy atom. The maximum atomic E-state index is 13.1. The molecule has 0 saturated heterocycles. The van der Waals surface area contributed by atoms with Gasteiger partial charge >= 0.3 is 0 Å². The molecule has 0 spiro atoms. The van der Waals surface area contributed by atoms with Crippen LogP contribution in [0, 0.1) is 11.6 Å². The van der Waals surface area contributed by atoms with Gasteiger partial charge in [0.1, 0.15) is 5.75 Å². The number of phenolic OH excluding ortho intramolecular Hbond substituents is 1. The predicted molar refractivity (Wildman–Crippen MR) is 69.7 cm³/mol. The number of nitrogens with one attached hydrogen (secondary N) is 1. The number of aromatic hydroxyl groups is 1. The Morgan fingerprint density at radius 3 is 2.37 bits per heavy atom. The molecule has 19 heavy (non-hydrogen) atoms. The highest BCUT2D eigenvalue weighted by atomic mass is 19.2. The number of phenols is 1. The van der Waals surface area contributed by atoms with Crippen LogP contribution in [-0.2, 0) is 6.54 Å². The highest BCUT2D eigenvalue weighted by Crippen LogP contribution is 2.17. The van der Waals surface area contributed by atoms with Crippen molar-refractivity contribution in [3.05, 3.63) is 65.2 Å². The summed E-state index contributed by atoms with van der Waals surface area (Å²) in [4.78, 5) is 0. The molecule has 2 N–H and O–H groups in total. The molecule has 100 valence electrons. The van der Waals surface area contributed by atoms with Crippen LogP contribution in [0.1, 0.15) is 24.1 Å². The Balaban J connectivity index is 1.98. The van der Waals surface area contributed by atoms with Gasteiger partial charge in [-0.15, -0.1) is 0 Å². The van der Waals surface area contributed by atoms with Crippen LogP contribution in [-0.4, -0.2) is 5.11 Å². The largest absolute Gasteiger partial charge is 0.508 e. The summed E-state index contributed by atoms with van der Waals surface area (Å²) >= 11 is 0. The number of rotatable bonds is 4. The van der Waals surface area contributed by atoms with Crippen molar-refractivity contribution in [1.29, 1.82) is 0 Å². The molecule has 4 heteroatoms. The average Bonchev–Trinajstić information content (AvgIpc) is 2.41. The van der Waals surface area contributed by atoms with Gasteiger partial charge in [-0.2, -0.15) is 0 Å². The van der Waals surface area contributed by atoms with Crippen molar-refractivity contribution in [3.63, 3.8) is 0 Å². The molecule has 0 aliphatic rings. The number of benzene rings is 2. The minimum absolute atomic E-state index is 0.0936. The summed E-state index contributed by atoms with van der Waals surface area (Å²) in [6.07, 6.45) is 0. The van der Waals surface area contributed by atoms with Gasteiger partial charge in [-0.3, -0.25) is 0 Å². The van der Waals surface area contributed by atoms with Crippen molar-refractivity contribution < 1.29 is 13.9 Å². The third-order valence-corrected chi connectivity index (χ3v) is 2.99. The smallest absolute Gasteiger partial charge is 0.159 e. The molecule has 1 unspecified atom stereocenters. The van der Waals surface area contributed by atoms with E-state index in [4.69, 9.17) is 0 Å². The molecular formula is C15H15F2NO. The van der Waals surface area contributed by atoms with Crippen LogP contribution < -0.4 is 5.32 Å². The van der Waals surface area contributed by atoms with Crippen LogP contribution in [0.5, 0.6) is 5.75 Å². The Hall–Kier alpha value is -1.94. The van der Waals surface area contributed by atoms with Gasteiger partial charge < -0.3 is 10.4 Å². The maximum absolute atomic E-state index is 13.1. The first-order chi connectivity index (χ1) is 9.06. The van der Waals surface area contributed by atoms with Crippen molar-refractivity contribution in [3.8, 4) is 5.75 Å². The lowest BCUT2D eigenvalue weighted by molar-refractivity contribution is 0.474. The summed E-state index contributed by atoms with van der Waals surface area (Å²) in [5, 5.41) is 12.4. The molecule has 0 aliphatic heterocycles. The maximum Gasteiger partial charge on any atom is 0.159 e.